The van der Waals surface area contributed by atoms with Crippen molar-refractivity contribution in [1.82, 2.24) is 9.80 Å². The van der Waals surface area contributed by atoms with Crippen molar-refractivity contribution < 1.29 is 9.59 Å². The standard InChI is InChI=1S/C16H28Br2N2O2/c1-3-5-7-13(17)15(21)19-9-11-20(12-10-19)16(22)14(18)8-6-4-2/h13-14H,3-12H2,1-2H3. The number of amides is 2. The Morgan fingerprint density at radius 3 is 1.41 bits per heavy atom. The van der Waals surface area contributed by atoms with Crippen molar-refractivity contribution >= 4 is 43.7 Å². The molecule has 1 heterocycles. The minimum absolute atomic E-state index is 0.0804. The highest BCUT2D eigenvalue weighted by atomic mass is 79.9. The third-order valence-corrected chi connectivity index (χ3v) is 5.76. The average Bonchev–Trinajstić information content (AvgIpc) is 2.56. The number of alkyl halides is 2. The molecule has 2 atom stereocenters. The molecule has 2 amide bonds. The fraction of sp³-hybridized carbons (Fsp3) is 0.875. The molecule has 2 unspecified atom stereocenters. The summed E-state index contributed by atoms with van der Waals surface area (Å²) < 4.78 is 0. The van der Waals surface area contributed by atoms with Crippen LogP contribution in [-0.4, -0.2) is 57.4 Å². The number of carbonyl (C=O) groups is 2. The Morgan fingerprint density at radius 1 is 0.818 bits per heavy atom. The van der Waals surface area contributed by atoms with Crippen LogP contribution in [0.1, 0.15) is 52.4 Å². The fourth-order valence-corrected chi connectivity index (χ4v) is 3.78. The number of nitrogens with zero attached hydrogens (tertiary/aromatic N) is 2. The third-order valence-electron chi connectivity index (χ3n) is 4.06. The number of piperazine rings is 1. The molecule has 0 radical (unpaired) electrons. The van der Waals surface area contributed by atoms with Gasteiger partial charge < -0.3 is 9.80 Å². The van der Waals surface area contributed by atoms with Crippen molar-refractivity contribution in [1.29, 1.82) is 0 Å². The van der Waals surface area contributed by atoms with Gasteiger partial charge in [0.05, 0.1) is 9.65 Å². The first-order valence-electron chi connectivity index (χ1n) is 8.36. The van der Waals surface area contributed by atoms with Crippen LogP contribution in [0, 0.1) is 0 Å². The summed E-state index contributed by atoms with van der Waals surface area (Å²) in [5.74, 6) is 0.337. The van der Waals surface area contributed by atoms with Gasteiger partial charge in [0.15, 0.2) is 0 Å². The first-order chi connectivity index (χ1) is 10.5. The van der Waals surface area contributed by atoms with Crippen LogP contribution < -0.4 is 0 Å². The minimum atomic E-state index is -0.0804. The SMILES string of the molecule is CCCCC(Br)C(=O)N1CCN(C(=O)C(Br)CCCC)CC1. The average molecular weight is 440 g/mol. The molecule has 4 nitrogen and oxygen atoms in total. The molecule has 0 aromatic rings. The summed E-state index contributed by atoms with van der Waals surface area (Å²) in [5.41, 5.74) is 0. The van der Waals surface area contributed by atoms with E-state index in [9.17, 15) is 9.59 Å². The Hall–Kier alpha value is -0.100. The Balaban J connectivity index is 2.39. The molecule has 22 heavy (non-hydrogen) atoms. The molecule has 0 aromatic heterocycles. The maximum Gasteiger partial charge on any atom is 0.236 e. The monoisotopic (exact) mass is 438 g/mol. The quantitative estimate of drug-likeness (QED) is 0.542. The van der Waals surface area contributed by atoms with E-state index < -0.39 is 0 Å². The van der Waals surface area contributed by atoms with Crippen LogP contribution in [0.4, 0.5) is 0 Å². The molecule has 1 aliphatic heterocycles. The molecule has 0 spiro atoms. The van der Waals surface area contributed by atoms with E-state index in [1.54, 1.807) is 0 Å². The van der Waals surface area contributed by atoms with E-state index in [2.05, 4.69) is 45.7 Å². The molecule has 1 saturated heterocycles. The van der Waals surface area contributed by atoms with E-state index in [1.807, 2.05) is 9.80 Å². The van der Waals surface area contributed by atoms with E-state index in [0.717, 1.165) is 38.5 Å². The summed E-state index contributed by atoms with van der Waals surface area (Å²) >= 11 is 6.99. The van der Waals surface area contributed by atoms with Gasteiger partial charge in [0.25, 0.3) is 0 Å². The van der Waals surface area contributed by atoms with Crippen LogP contribution in [0.15, 0.2) is 0 Å². The first-order valence-corrected chi connectivity index (χ1v) is 10.2. The van der Waals surface area contributed by atoms with E-state index in [0.29, 0.717) is 26.2 Å². The molecule has 1 fully saturated rings. The lowest BCUT2D eigenvalue weighted by molar-refractivity contribution is -0.138. The van der Waals surface area contributed by atoms with Crippen molar-refractivity contribution in [3.8, 4) is 0 Å². The largest absolute Gasteiger partial charge is 0.338 e. The number of hydrogen-bond acceptors (Lipinski definition) is 2. The van der Waals surface area contributed by atoms with Crippen LogP contribution in [0.2, 0.25) is 0 Å². The Labute approximate surface area is 151 Å². The van der Waals surface area contributed by atoms with Crippen molar-refractivity contribution in [3.05, 3.63) is 0 Å². The molecular formula is C16H28Br2N2O2. The third kappa shape index (κ3) is 6.19. The molecule has 0 N–H and O–H groups in total. The fourth-order valence-electron chi connectivity index (χ4n) is 2.56. The molecular weight excluding hydrogens is 412 g/mol. The lowest BCUT2D eigenvalue weighted by Gasteiger charge is -2.36. The lowest BCUT2D eigenvalue weighted by Crippen LogP contribution is -2.53. The molecule has 128 valence electrons. The van der Waals surface area contributed by atoms with Gasteiger partial charge in [0, 0.05) is 26.2 Å². The number of hydrogen-bond donors (Lipinski definition) is 0. The molecule has 0 aromatic carbocycles. The first kappa shape index (κ1) is 19.9. The van der Waals surface area contributed by atoms with E-state index >= 15 is 0 Å². The van der Waals surface area contributed by atoms with Gasteiger partial charge in [-0.05, 0) is 12.8 Å². The maximum atomic E-state index is 12.3. The van der Waals surface area contributed by atoms with Crippen molar-refractivity contribution in [2.45, 2.75) is 62.0 Å². The lowest BCUT2D eigenvalue weighted by atomic mass is 10.1. The predicted molar refractivity (Wildman–Crippen MR) is 97.6 cm³/mol. The van der Waals surface area contributed by atoms with E-state index in [4.69, 9.17) is 0 Å². The van der Waals surface area contributed by atoms with Crippen LogP contribution in [-0.2, 0) is 9.59 Å². The Morgan fingerprint density at radius 2 is 1.14 bits per heavy atom. The Bertz CT molecular complexity index is 324. The highest BCUT2D eigenvalue weighted by Gasteiger charge is 2.29. The zero-order chi connectivity index (χ0) is 16.5. The predicted octanol–water partition coefficient (Wildman–Crippen LogP) is 3.56. The zero-order valence-electron chi connectivity index (χ0n) is 13.7. The van der Waals surface area contributed by atoms with Crippen LogP contribution in [0.3, 0.4) is 0 Å². The van der Waals surface area contributed by atoms with Gasteiger partial charge in [-0.3, -0.25) is 9.59 Å². The smallest absolute Gasteiger partial charge is 0.236 e. The van der Waals surface area contributed by atoms with Gasteiger partial charge in [0.1, 0.15) is 0 Å². The summed E-state index contributed by atoms with van der Waals surface area (Å²) in [6.45, 7) is 6.84. The minimum Gasteiger partial charge on any atom is -0.338 e. The van der Waals surface area contributed by atoms with Crippen LogP contribution >= 0.6 is 31.9 Å². The van der Waals surface area contributed by atoms with Gasteiger partial charge in [-0.25, -0.2) is 0 Å². The van der Waals surface area contributed by atoms with Crippen molar-refractivity contribution in [2.24, 2.45) is 0 Å². The van der Waals surface area contributed by atoms with Crippen LogP contribution in [0.25, 0.3) is 0 Å². The highest BCUT2D eigenvalue weighted by molar-refractivity contribution is 9.10. The summed E-state index contributed by atoms with van der Waals surface area (Å²) in [6, 6.07) is 0. The molecule has 1 aliphatic rings. The topological polar surface area (TPSA) is 40.6 Å². The van der Waals surface area contributed by atoms with Crippen molar-refractivity contribution in [2.75, 3.05) is 26.2 Å². The van der Waals surface area contributed by atoms with Gasteiger partial charge in [-0.1, -0.05) is 71.4 Å². The summed E-state index contributed by atoms with van der Waals surface area (Å²) in [7, 11) is 0. The zero-order valence-corrected chi connectivity index (χ0v) is 16.9. The van der Waals surface area contributed by atoms with Gasteiger partial charge in [-0.2, -0.15) is 0 Å². The number of halogens is 2. The van der Waals surface area contributed by atoms with Gasteiger partial charge in [0.2, 0.25) is 11.8 Å². The second-order valence-corrected chi connectivity index (χ2v) is 8.08. The maximum absolute atomic E-state index is 12.3. The molecule has 0 bridgehead atoms. The summed E-state index contributed by atoms with van der Waals surface area (Å²) in [5, 5.41) is 0. The molecule has 0 saturated carbocycles. The molecule has 1 rings (SSSR count). The summed E-state index contributed by atoms with van der Waals surface area (Å²) in [6.07, 6.45) is 6.08. The van der Waals surface area contributed by atoms with Gasteiger partial charge >= 0.3 is 0 Å². The van der Waals surface area contributed by atoms with Crippen molar-refractivity contribution in [3.63, 3.8) is 0 Å². The van der Waals surface area contributed by atoms with E-state index in [1.165, 1.54) is 0 Å². The van der Waals surface area contributed by atoms with Crippen LogP contribution in [0.5, 0.6) is 0 Å². The molecule has 6 heteroatoms. The number of unbranched alkanes of at least 4 members (excludes halogenated alkanes) is 2. The summed E-state index contributed by atoms with van der Waals surface area (Å²) in [4.78, 5) is 28.2. The number of rotatable bonds is 8. The highest BCUT2D eigenvalue weighted by Crippen LogP contribution is 2.17. The normalized spacial score (nSPS) is 18.2. The second-order valence-electron chi connectivity index (χ2n) is 5.87. The van der Waals surface area contributed by atoms with E-state index in [-0.39, 0.29) is 21.5 Å². The Kier molecular flexibility index (Phi) is 9.64. The number of carbonyl (C=O) groups excluding carboxylic acids is 2. The second kappa shape index (κ2) is 10.6. The molecule has 0 aliphatic carbocycles. The van der Waals surface area contributed by atoms with Gasteiger partial charge in [-0.15, -0.1) is 0 Å².